The number of halogens is 2. The van der Waals surface area contributed by atoms with Crippen molar-refractivity contribution < 1.29 is 13.7 Å². The van der Waals surface area contributed by atoms with E-state index < -0.39 is 0 Å². The lowest BCUT2D eigenvalue weighted by Gasteiger charge is -2.33. The number of piperidine rings is 1. The van der Waals surface area contributed by atoms with Crippen LogP contribution in [0.15, 0.2) is 47.0 Å². The Bertz CT molecular complexity index is 1020. The first-order valence-corrected chi connectivity index (χ1v) is 9.82. The molecule has 2 aromatic carbocycles. The maximum atomic E-state index is 13.1. The van der Waals surface area contributed by atoms with Crippen LogP contribution in [-0.2, 0) is 0 Å². The monoisotopic (exact) mass is 414 g/mol. The summed E-state index contributed by atoms with van der Waals surface area (Å²) in [6.07, 6.45) is 2.59. The van der Waals surface area contributed by atoms with Crippen LogP contribution in [0.5, 0.6) is 0 Å². The Morgan fingerprint density at radius 2 is 2.03 bits per heavy atom. The molecule has 6 nitrogen and oxygen atoms in total. The van der Waals surface area contributed by atoms with Crippen LogP contribution in [0.2, 0.25) is 5.02 Å². The number of likely N-dealkylation sites (tertiary alicyclic amines) is 1. The number of hydrogen-bond acceptors (Lipinski definition) is 4. The Balaban J connectivity index is 1.53. The molecule has 0 spiro atoms. The Kier molecular flexibility index (Phi) is 5.49. The zero-order valence-corrected chi connectivity index (χ0v) is 16.6. The van der Waals surface area contributed by atoms with Crippen molar-refractivity contribution in [2.45, 2.75) is 32.2 Å². The summed E-state index contributed by atoms with van der Waals surface area (Å²) in [6.45, 7) is 2.49. The number of rotatable bonds is 3. The van der Waals surface area contributed by atoms with Crippen LogP contribution in [0.25, 0.3) is 11.4 Å². The van der Waals surface area contributed by atoms with Gasteiger partial charge in [-0.1, -0.05) is 22.8 Å². The molecule has 1 aliphatic heterocycles. The van der Waals surface area contributed by atoms with Gasteiger partial charge < -0.3 is 14.7 Å². The number of amides is 2. The number of nitrogens with zero attached hydrogens (tertiary/aromatic N) is 3. The third kappa shape index (κ3) is 4.24. The molecule has 3 aromatic rings. The number of benzene rings is 2. The number of hydrogen-bond donors (Lipinski definition) is 1. The molecule has 29 heavy (non-hydrogen) atoms. The van der Waals surface area contributed by atoms with Crippen LogP contribution in [0.1, 0.15) is 36.8 Å². The van der Waals surface area contributed by atoms with E-state index in [9.17, 15) is 9.18 Å². The predicted molar refractivity (Wildman–Crippen MR) is 108 cm³/mol. The van der Waals surface area contributed by atoms with E-state index in [0.717, 1.165) is 24.8 Å². The molecule has 0 radical (unpaired) electrons. The van der Waals surface area contributed by atoms with Crippen LogP contribution in [0.3, 0.4) is 0 Å². The number of anilines is 1. The first kappa shape index (κ1) is 19.4. The number of carbonyl (C=O) groups is 1. The molecule has 1 saturated heterocycles. The Labute approximate surface area is 172 Å². The van der Waals surface area contributed by atoms with Gasteiger partial charge in [0, 0.05) is 22.8 Å². The molecule has 150 valence electrons. The molecule has 2 heterocycles. The van der Waals surface area contributed by atoms with E-state index in [1.165, 1.54) is 12.1 Å². The summed E-state index contributed by atoms with van der Waals surface area (Å²) in [7, 11) is 0. The highest BCUT2D eigenvalue weighted by molar-refractivity contribution is 6.31. The lowest BCUT2D eigenvalue weighted by atomic mass is 10.0. The second-order valence-electron chi connectivity index (χ2n) is 7.06. The van der Waals surface area contributed by atoms with E-state index >= 15 is 0 Å². The summed E-state index contributed by atoms with van der Waals surface area (Å²) in [6, 6.07) is 10.7. The van der Waals surface area contributed by atoms with Gasteiger partial charge in [0.2, 0.25) is 11.7 Å². The number of carbonyl (C=O) groups excluding carboxylic acids is 1. The fraction of sp³-hybridized carbons (Fsp3) is 0.286. The molecule has 0 bridgehead atoms. The Hall–Kier alpha value is -2.93. The van der Waals surface area contributed by atoms with Crippen molar-refractivity contribution in [1.29, 1.82) is 0 Å². The quantitative estimate of drug-likeness (QED) is 0.605. The zero-order chi connectivity index (χ0) is 20.4. The minimum Gasteiger partial charge on any atom is -0.337 e. The molecule has 0 saturated carbocycles. The van der Waals surface area contributed by atoms with E-state index in [0.29, 0.717) is 34.5 Å². The summed E-state index contributed by atoms with van der Waals surface area (Å²) in [5, 5.41) is 7.50. The standard InChI is InChI=1S/C21H20ClFN4O2/c1-13-5-10-16(12-17(13)22)24-21(28)27-11-3-2-4-18(27)20-25-19(26-29-20)14-6-8-15(23)9-7-14/h5-10,12,18H,2-4,11H2,1H3,(H,24,28)/t18-/m0/s1. The maximum absolute atomic E-state index is 13.1. The van der Waals surface area contributed by atoms with Gasteiger partial charge in [-0.25, -0.2) is 9.18 Å². The van der Waals surface area contributed by atoms with Crippen LogP contribution in [-0.4, -0.2) is 27.6 Å². The maximum Gasteiger partial charge on any atom is 0.322 e. The van der Waals surface area contributed by atoms with Gasteiger partial charge in [-0.3, -0.25) is 0 Å². The average molecular weight is 415 g/mol. The Morgan fingerprint density at radius 1 is 1.24 bits per heavy atom. The molecule has 1 N–H and O–H groups in total. The summed E-state index contributed by atoms with van der Waals surface area (Å²) >= 11 is 6.16. The molecular formula is C21H20ClFN4O2. The first-order chi connectivity index (χ1) is 14.0. The largest absolute Gasteiger partial charge is 0.337 e. The van der Waals surface area contributed by atoms with Crippen molar-refractivity contribution in [2.24, 2.45) is 0 Å². The predicted octanol–water partition coefficient (Wildman–Crippen LogP) is 5.60. The molecule has 1 fully saturated rings. The minimum atomic E-state index is -0.330. The summed E-state index contributed by atoms with van der Waals surface area (Å²) in [5.74, 6) is 0.418. The zero-order valence-electron chi connectivity index (χ0n) is 15.9. The van der Waals surface area contributed by atoms with Gasteiger partial charge in [0.25, 0.3) is 0 Å². The van der Waals surface area contributed by atoms with Crippen molar-refractivity contribution in [2.75, 3.05) is 11.9 Å². The van der Waals surface area contributed by atoms with Gasteiger partial charge in [0.15, 0.2) is 0 Å². The molecule has 1 aromatic heterocycles. The summed E-state index contributed by atoms with van der Waals surface area (Å²) in [4.78, 5) is 19.1. The summed E-state index contributed by atoms with van der Waals surface area (Å²) in [5.41, 5.74) is 2.23. The topological polar surface area (TPSA) is 71.3 Å². The van der Waals surface area contributed by atoms with Crippen molar-refractivity contribution in [3.8, 4) is 11.4 Å². The lowest BCUT2D eigenvalue weighted by molar-refractivity contribution is 0.142. The highest BCUT2D eigenvalue weighted by Gasteiger charge is 2.32. The van der Waals surface area contributed by atoms with Gasteiger partial charge in [-0.05, 0) is 68.1 Å². The average Bonchev–Trinajstić information content (AvgIpc) is 3.21. The number of aryl methyl sites for hydroxylation is 1. The van der Waals surface area contributed by atoms with Crippen LogP contribution < -0.4 is 5.32 Å². The smallest absolute Gasteiger partial charge is 0.322 e. The highest BCUT2D eigenvalue weighted by Crippen LogP contribution is 2.32. The van der Waals surface area contributed by atoms with Crippen molar-refractivity contribution >= 4 is 23.3 Å². The van der Waals surface area contributed by atoms with Gasteiger partial charge in [0.1, 0.15) is 11.9 Å². The first-order valence-electron chi connectivity index (χ1n) is 9.44. The highest BCUT2D eigenvalue weighted by atomic mass is 35.5. The Morgan fingerprint density at radius 3 is 2.79 bits per heavy atom. The number of urea groups is 1. The molecule has 0 unspecified atom stereocenters. The van der Waals surface area contributed by atoms with Crippen molar-refractivity contribution in [3.05, 3.63) is 64.8 Å². The third-order valence-corrected chi connectivity index (χ3v) is 5.42. The third-order valence-electron chi connectivity index (χ3n) is 5.02. The molecule has 1 atom stereocenters. The van der Waals surface area contributed by atoms with Crippen molar-refractivity contribution in [1.82, 2.24) is 15.0 Å². The number of aromatic nitrogens is 2. The van der Waals surface area contributed by atoms with E-state index in [2.05, 4.69) is 15.5 Å². The van der Waals surface area contributed by atoms with Gasteiger partial charge >= 0.3 is 6.03 Å². The van der Waals surface area contributed by atoms with E-state index in [1.807, 2.05) is 19.1 Å². The van der Waals surface area contributed by atoms with E-state index in [-0.39, 0.29) is 17.9 Å². The van der Waals surface area contributed by atoms with Gasteiger partial charge in [0.05, 0.1) is 0 Å². The molecule has 0 aliphatic carbocycles. The van der Waals surface area contributed by atoms with E-state index in [1.54, 1.807) is 23.1 Å². The van der Waals surface area contributed by atoms with Crippen LogP contribution in [0.4, 0.5) is 14.9 Å². The molecule has 4 rings (SSSR count). The van der Waals surface area contributed by atoms with Gasteiger partial charge in [-0.15, -0.1) is 0 Å². The molecular weight excluding hydrogens is 395 g/mol. The van der Waals surface area contributed by atoms with Gasteiger partial charge in [-0.2, -0.15) is 4.98 Å². The summed E-state index contributed by atoms with van der Waals surface area (Å²) < 4.78 is 18.6. The minimum absolute atomic E-state index is 0.240. The van der Waals surface area contributed by atoms with Crippen LogP contribution in [0, 0.1) is 12.7 Å². The number of nitrogens with one attached hydrogen (secondary N) is 1. The molecule has 1 aliphatic rings. The molecule has 8 heteroatoms. The second-order valence-corrected chi connectivity index (χ2v) is 7.47. The fourth-order valence-corrected chi connectivity index (χ4v) is 3.56. The van der Waals surface area contributed by atoms with Crippen molar-refractivity contribution in [3.63, 3.8) is 0 Å². The van der Waals surface area contributed by atoms with Crippen LogP contribution >= 0.6 is 11.6 Å². The fourth-order valence-electron chi connectivity index (χ4n) is 3.38. The normalized spacial score (nSPS) is 16.7. The SMILES string of the molecule is Cc1ccc(NC(=O)N2CCCC[C@H]2c2nc(-c3ccc(F)cc3)no2)cc1Cl. The van der Waals surface area contributed by atoms with E-state index in [4.69, 9.17) is 16.1 Å². The lowest BCUT2D eigenvalue weighted by Crippen LogP contribution is -2.41. The second kappa shape index (κ2) is 8.21. The molecule has 2 amide bonds.